The topological polar surface area (TPSA) is 36.3 Å². The highest BCUT2D eigenvalue weighted by molar-refractivity contribution is 5.90. The van der Waals surface area contributed by atoms with Gasteiger partial charge in [0, 0.05) is 12.6 Å². The number of aromatic nitrogens is 2. The first-order valence-electron chi connectivity index (χ1n) is 9.63. The minimum atomic E-state index is 0.675. The molecule has 0 saturated heterocycles. The molecule has 0 atom stereocenters. The maximum absolute atomic E-state index is 6.21. The van der Waals surface area contributed by atoms with Crippen molar-refractivity contribution < 1.29 is 9.47 Å². The molecule has 4 nitrogen and oxygen atoms in total. The van der Waals surface area contributed by atoms with Gasteiger partial charge >= 0.3 is 0 Å². The smallest absolute Gasteiger partial charge is 0.296 e. The lowest BCUT2D eigenvalue weighted by atomic mass is 10.0. The maximum Gasteiger partial charge on any atom is 0.296 e. The van der Waals surface area contributed by atoms with E-state index in [2.05, 4.69) is 41.4 Å². The summed E-state index contributed by atoms with van der Waals surface area (Å²) < 4.78 is 14.1. The highest BCUT2D eigenvalue weighted by atomic mass is 16.5. The van der Waals surface area contributed by atoms with E-state index in [0.29, 0.717) is 6.01 Å². The van der Waals surface area contributed by atoms with Crippen LogP contribution < -0.4 is 9.47 Å². The summed E-state index contributed by atoms with van der Waals surface area (Å²) >= 11 is 0. The summed E-state index contributed by atoms with van der Waals surface area (Å²) in [6.07, 6.45) is 9.02. The van der Waals surface area contributed by atoms with Gasteiger partial charge in [-0.3, -0.25) is 4.57 Å². The van der Waals surface area contributed by atoms with Gasteiger partial charge in [0.2, 0.25) is 0 Å². The molecule has 2 aromatic carbocycles. The Morgan fingerprint density at radius 3 is 2.27 bits per heavy atom. The molecule has 0 saturated carbocycles. The monoisotopic (exact) mass is 350 g/mol. The Morgan fingerprint density at radius 2 is 1.50 bits per heavy atom. The second-order valence-electron chi connectivity index (χ2n) is 7.00. The van der Waals surface area contributed by atoms with E-state index in [1.54, 1.807) is 0 Å². The highest BCUT2D eigenvalue weighted by Crippen LogP contribution is 2.35. The molecular weight excluding hydrogens is 324 g/mol. The van der Waals surface area contributed by atoms with E-state index in [1.807, 2.05) is 17.8 Å². The fourth-order valence-corrected chi connectivity index (χ4v) is 3.57. The Balaban J connectivity index is 1.76. The van der Waals surface area contributed by atoms with Gasteiger partial charge in [0.1, 0.15) is 5.75 Å². The summed E-state index contributed by atoms with van der Waals surface area (Å²) in [6, 6.07) is 13.4. The Labute approximate surface area is 154 Å². The quantitative estimate of drug-likeness (QED) is 0.548. The van der Waals surface area contributed by atoms with Gasteiger partial charge in [-0.05, 0) is 35.7 Å². The summed E-state index contributed by atoms with van der Waals surface area (Å²) in [5.74, 6) is 0.924. The molecule has 0 radical (unpaired) electrons. The van der Waals surface area contributed by atoms with E-state index in [-0.39, 0.29) is 0 Å². The number of hydrogen-bond acceptors (Lipinski definition) is 3. The molecule has 4 rings (SSSR count). The molecule has 2 heterocycles. The first-order valence-corrected chi connectivity index (χ1v) is 9.63. The molecule has 0 unspecified atom stereocenters. The van der Waals surface area contributed by atoms with Gasteiger partial charge < -0.3 is 9.47 Å². The van der Waals surface area contributed by atoms with Crippen LogP contribution in [0.15, 0.2) is 42.6 Å². The highest BCUT2D eigenvalue weighted by Gasteiger charge is 2.15. The van der Waals surface area contributed by atoms with Crippen molar-refractivity contribution in [3.63, 3.8) is 0 Å². The van der Waals surface area contributed by atoms with Crippen LogP contribution in [0.4, 0.5) is 0 Å². The summed E-state index contributed by atoms with van der Waals surface area (Å²) in [6.45, 7) is 1.48. The Hall–Kier alpha value is -2.49. The predicted molar refractivity (Wildman–Crippen MR) is 105 cm³/mol. The first kappa shape index (κ1) is 17.0. The lowest BCUT2D eigenvalue weighted by molar-refractivity contribution is 0.273. The number of nitrogens with zero attached hydrogens (tertiary/aromatic N) is 2. The van der Waals surface area contributed by atoms with Crippen LogP contribution in [0.3, 0.4) is 0 Å². The van der Waals surface area contributed by atoms with E-state index in [0.717, 1.165) is 43.1 Å². The van der Waals surface area contributed by atoms with Gasteiger partial charge in [-0.1, -0.05) is 49.9 Å². The van der Waals surface area contributed by atoms with Crippen LogP contribution in [0, 0.1) is 0 Å². The zero-order chi connectivity index (χ0) is 17.8. The molecular formula is C22H26N2O2. The van der Waals surface area contributed by atoms with Crippen LogP contribution in [0.5, 0.6) is 11.8 Å². The van der Waals surface area contributed by atoms with Crippen molar-refractivity contribution in [2.75, 3.05) is 13.2 Å². The Kier molecular flexibility index (Phi) is 5.09. The van der Waals surface area contributed by atoms with Crippen LogP contribution in [0.25, 0.3) is 22.0 Å². The molecule has 2 bridgehead atoms. The van der Waals surface area contributed by atoms with Gasteiger partial charge in [0.05, 0.1) is 25.1 Å². The van der Waals surface area contributed by atoms with Crippen molar-refractivity contribution >= 4 is 10.8 Å². The fourth-order valence-electron chi connectivity index (χ4n) is 3.57. The van der Waals surface area contributed by atoms with Crippen LogP contribution in [-0.2, 0) is 7.05 Å². The van der Waals surface area contributed by atoms with Crippen molar-refractivity contribution in [2.45, 2.75) is 38.5 Å². The second-order valence-corrected chi connectivity index (χ2v) is 7.00. The SMILES string of the molecule is Cn1c2cnc1OCCCCCCCCOc1cc3ccccc3cc1-2. The largest absolute Gasteiger partial charge is 0.493 e. The van der Waals surface area contributed by atoms with Gasteiger partial charge in [-0.2, -0.15) is 0 Å². The van der Waals surface area contributed by atoms with Crippen LogP contribution in [0.2, 0.25) is 0 Å². The first-order chi connectivity index (χ1) is 12.8. The van der Waals surface area contributed by atoms with Gasteiger partial charge in [0.15, 0.2) is 0 Å². The van der Waals surface area contributed by atoms with Crippen molar-refractivity contribution in [1.29, 1.82) is 0 Å². The van der Waals surface area contributed by atoms with Crippen molar-refractivity contribution in [3.05, 3.63) is 42.6 Å². The second kappa shape index (κ2) is 7.81. The summed E-state index contributed by atoms with van der Waals surface area (Å²) in [7, 11) is 2.01. The summed E-state index contributed by atoms with van der Waals surface area (Å²) in [5, 5.41) is 2.40. The van der Waals surface area contributed by atoms with Gasteiger partial charge in [0.25, 0.3) is 6.01 Å². The minimum absolute atomic E-state index is 0.675. The predicted octanol–water partition coefficient (Wildman–Crippen LogP) is 5.35. The lowest BCUT2D eigenvalue weighted by Gasteiger charge is -2.14. The number of imidazole rings is 1. The van der Waals surface area contributed by atoms with E-state index in [9.17, 15) is 0 Å². The summed E-state index contributed by atoms with van der Waals surface area (Å²) in [5.41, 5.74) is 2.10. The van der Waals surface area contributed by atoms with E-state index < -0.39 is 0 Å². The van der Waals surface area contributed by atoms with Crippen molar-refractivity contribution in [3.8, 4) is 23.0 Å². The van der Waals surface area contributed by atoms with E-state index in [1.165, 1.54) is 36.5 Å². The number of ether oxygens (including phenoxy) is 2. The third kappa shape index (κ3) is 3.55. The molecule has 1 aromatic heterocycles. The maximum atomic E-state index is 6.21. The number of rotatable bonds is 0. The molecule has 1 aliphatic rings. The molecule has 0 fully saturated rings. The molecule has 0 aliphatic carbocycles. The average Bonchev–Trinajstić information content (AvgIpc) is 3.02. The molecule has 136 valence electrons. The number of fused-ring (bicyclic) bond motifs is 5. The molecule has 26 heavy (non-hydrogen) atoms. The Bertz CT molecular complexity index is 885. The van der Waals surface area contributed by atoms with Crippen LogP contribution in [0.1, 0.15) is 38.5 Å². The molecule has 0 N–H and O–H groups in total. The van der Waals surface area contributed by atoms with Crippen LogP contribution in [-0.4, -0.2) is 22.8 Å². The molecule has 0 spiro atoms. The van der Waals surface area contributed by atoms with E-state index in [4.69, 9.17) is 9.47 Å². The zero-order valence-electron chi connectivity index (χ0n) is 15.4. The third-order valence-corrected chi connectivity index (χ3v) is 5.10. The molecule has 4 heteroatoms. The fraction of sp³-hybridized carbons (Fsp3) is 0.409. The van der Waals surface area contributed by atoms with Gasteiger partial charge in [-0.15, -0.1) is 0 Å². The molecule has 1 aliphatic heterocycles. The van der Waals surface area contributed by atoms with Gasteiger partial charge in [-0.25, -0.2) is 4.98 Å². The lowest BCUT2D eigenvalue weighted by Crippen LogP contribution is -2.04. The minimum Gasteiger partial charge on any atom is -0.493 e. The van der Waals surface area contributed by atoms with Crippen LogP contribution >= 0.6 is 0 Å². The standard InChI is InChI=1S/C22H26N2O2/c1-24-20-16-23-22(24)26-13-9-5-3-2-4-8-12-25-21-15-18-11-7-6-10-17(18)14-19(20)21/h6-7,10-11,14-16H,2-5,8-9,12-13H2,1H3. The number of benzene rings is 2. The van der Waals surface area contributed by atoms with Crippen molar-refractivity contribution in [1.82, 2.24) is 9.55 Å². The van der Waals surface area contributed by atoms with Crippen molar-refractivity contribution in [2.24, 2.45) is 7.05 Å². The molecule has 0 amide bonds. The zero-order valence-corrected chi connectivity index (χ0v) is 15.4. The number of hydrogen-bond donors (Lipinski definition) is 0. The molecule has 3 aromatic rings. The van der Waals surface area contributed by atoms with E-state index >= 15 is 0 Å². The summed E-state index contributed by atoms with van der Waals surface area (Å²) in [4.78, 5) is 4.49. The Morgan fingerprint density at radius 1 is 0.846 bits per heavy atom. The normalized spacial score (nSPS) is 16.0. The third-order valence-electron chi connectivity index (χ3n) is 5.10. The average molecular weight is 350 g/mol.